The van der Waals surface area contributed by atoms with Gasteiger partial charge in [-0.25, -0.2) is 4.98 Å². The van der Waals surface area contributed by atoms with E-state index < -0.39 is 0 Å². The highest BCUT2D eigenvalue weighted by Crippen LogP contribution is 2.23. The first-order valence-electron chi connectivity index (χ1n) is 9.64. The molecule has 5 nitrogen and oxygen atoms in total. The van der Waals surface area contributed by atoms with E-state index in [2.05, 4.69) is 46.1 Å². The van der Waals surface area contributed by atoms with E-state index in [1.165, 1.54) is 5.56 Å². The van der Waals surface area contributed by atoms with Gasteiger partial charge < -0.3 is 10.1 Å². The van der Waals surface area contributed by atoms with Gasteiger partial charge in [-0.3, -0.25) is 9.36 Å². The zero-order valence-electron chi connectivity index (χ0n) is 15.9. The van der Waals surface area contributed by atoms with Gasteiger partial charge in [0.25, 0.3) is 5.91 Å². The first kappa shape index (κ1) is 17.7. The number of aryl methyl sites for hydroxylation is 2. The minimum Gasteiger partial charge on any atom is -0.376 e. The van der Waals surface area contributed by atoms with Gasteiger partial charge in [-0.05, 0) is 62.1 Å². The third kappa shape index (κ3) is 3.60. The van der Waals surface area contributed by atoms with Crippen molar-refractivity contribution in [1.82, 2.24) is 14.9 Å². The third-order valence-corrected chi connectivity index (χ3v) is 5.20. The van der Waals surface area contributed by atoms with Crippen LogP contribution in [0, 0.1) is 6.92 Å². The van der Waals surface area contributed by atoms with E-state index in [1.807, 2.05) is 25.1 Å². The van der Waals surface area contributed by atoms with Crippen LogP contribution in [0.3, 0.4) is 0 Å². The molecule has 1 aliphatic heterocycles. The van der Waals surface area contributed by atoms with Crippen molar-refractivity contribution in [2.45, 2.75) is 39.2 Å². The van der Waals surface area contributed by atoms with Crippen molar-refractivity contribution < 1.29 is 9.53 Å². The quantitative estimate of drug-likeness (QED) is 0.750. The Labute approximate surface area is 159 Å². The highest BCUT2D eigenvalue weighted by molar-refractivity contribution is 5.97. The Morgan fingerprint density at radius 1 is 1.26 bits per heavy atom. The molecule has 140 valence electrons. The van der Waals surface area contributed by atoms with Crippen molar-refractivity contribution in [2.75, 3.05) is 13.2 Å². The van der Waals surface area contributed by atoms with E-state index in [1.54, 1.807) is 0 Å². The minimum atomic E-state index is -0.0769. The second-order valence-electron chi connectivity index (χ2n) is 7.06. The van der Waals surface area contributed by atoms with Crippen LogP contribution in [0.5, 0.6) is 0 Å². The Morgan fingerprint density at radius 2 is 2.07 bits per heavy atom. The minimum absolute atomic E-state index is 0.0769. The summed E-state index contributed by atoms with van der Waals surface area (Å²) in [5, 5.41) is 2.97. The first-order valence-corrected chi connectivity index (χ1v) is 9.64. The first-order chi connectivity index (χ1) is 13.2. The van der Waals surface area contributed by atoms with E-state index in [4.69, 9.17) is 4.74 Å². The SMILES string of the molecule is CCc1ccc(-n2c(C)nc3cc(C(=O)NCC4CCCO4)ccc32)cc1. The molecule has 0 aliphatic carbocycles. The summed E-state index contributed by atoms with van der Waals surface area (Å²) in [7, 11) is 0. The summed E-state index contributed by atoms with van der Waals surface area (Å²) in [6.07, 6.45) is 3.25. The number of nitrogens with zero attached hydrogens (tertiary/aromatic N) is 2. The molecule has 1 N–H and O–H groups in total. The zero-order valence-corrected chi connectivity index (χ0v) is 15.9. The van der Waals surface area contributed by atoms with Gasteiger partial charge in [0, 0.05) is 24.4 Å². The number of benzene rings is 2. The monoisotopic (exact) mass is 363 g/mol. The molecule has 27 heavy (non-hydrogen) atoms. The van der Waals surface area contributed by atoms with Crippen LogP contribution in [0.2, 0.25) is 0 Å². The molecule has 4 rings (SSSR count). The number of carbonyl (C=O) groups excluding carboxylic acids is 1. The highest BCUT2D eigenvalue weighted by Gasteiger charge is 2.17. The number of amides is 1. The molecular formula is C22H25N3O2. The van der Waals surface area contributed by atoms with Crippen molar-refractivity contribution in [3.63, 3.8) is 0 Å². The van der Waals surface area contributed by atoms with Gasteiger partial charge in [0.05, 0.1) is 17.1 Å². The molecule has 2 heterocycles. The summed E-state index contributed by atoms with van der Waals surface area (Å²) >= 11 is 0. The Balaban J connectivity index is 1.58. The molecule has 0 spiro atoms. The van der Waals surface area contributed by atoms with Crippen LogP contribution in [0.15, 0.2) is 42.5 Å². The summed E-state index contributed by atoms with van der Waals surface area (Å²) in [6, 6.07) is 14.2. The molecule has 0 radical (unpaired) electrons. The normalized spacial score (nSPS) is 16.7. The molecule has 1 unspecified atom stereocenters. The third-order valence-electron chi connectivity index (χ3n) is 5.20. The van der Waals surface area contributed by atoms with Crippen LogP contribution in [-0.2, 0) is 11.2 Å². The molecular weight excluding hydrogens is 338 g/mol. The van der Waals surface area contributed by atoms with Gasteiger partial charge in [0.15, 0.2) is 0 Å². The summed E-state index contributed by atoms with van der Waals surface area (Å²) in [4.78, 5) is 17.1. The number of rotatable bonds is 5. The number of carbonyl (C=O) groups is 1. The maximum absolute atomic E-state index is 12.5. The van der Waals surface area contributed by atoms with Crippen molar-refractivity contribution in [3.05, 3.63) is 59.4 Å². The number of hydrogen-bond acceptors (Lipinski definition) is 3. The number of hydrogen-bond donors (Lipinski definition) is 1. The standard InChI is InChI=1S/C22H25N3O2/c1-3-16-6-9-18(10-7-16)25-15(2)24-20-13-17(8-11-21(20)25)22(26)23-14-19-5-4-12-27-19/h6-11,13,19H,3-5,12,14H2,1-2H3,(H,23,26). The van der Waals surface area contributed by atoms with Crippen molar-refractivity contribution >= 4 is 16.9 Å². The molecule has 1 fully saturated rings. The van der Waals surface area contributed by atoms with Gasteiger partial charge in [0.1, 0.15) is 5.82 Å². The second-order valence-corrected chi connectivity index (χ2v) is 7.06. The number of fused-ring (bicyclic) bond motifs is 1. The Morgan fingerprint density at radius 3 is 2.78 bits per heavy atom. The maximum Gasteiger partial charge on any atom is 0.251 e. The number of ether oxygens (including phenoxy) is 1. The summed E-state index contributed by atoms with van der Waals surface area (Å²) in [5.74, 6) is 0.832. The molecule has 3 aromatic rings. The lowest BCUT2D eigenvalue weighted by atomic mass is 10.1. The Bertz CT molecular complexity index is 954. The highest BCUT2D eigenvalue weighted by atomic mass is 16.5. The molecule has 0 saturated carbocycles. The fraction of sp³-hybridized carbons (Fsp3) is 0.364. The lowest BCUT2D eigenvalue weighted by Crippen LogP contribution is -2.31. The number of nitrogens with one attached hydrogen (secondary N) is 1. The van der Waals surface area contributed by atoms with E-state index in [-0.39, 0.29) is 12.0 Å². The van der Waals surface area contributed by atoms with Crippen LogP contribution >= 0.6 is 0 Å². The van der Waals surface area contributed by atoms with Gasteiger partial charge >= 0.3 is 0 Å². The van der Waals surface area contributed by atoms with Crippen LogP contribution in [0.25, 0.3) is 16.7 Å². The van der Waals surface area contributed by atoms with Crippen LogP contribution in [0.4, 0.5) is 0 Å². The predicted octanol–water partition coefficient (Wildman–Crippen LogP) is 3.81. The fourth-order valence-corrected chi connectivity index (χ4v) is 3.66. The molecule has 1 aliphatic rings. The average Bonchev–Trinajstić information content (AvgIpc) is 3.32. The number of aromatic nitrogens is 2. The van der Waals surface area contributed by atoms with Gasteiger partial charge in [-0.2, -0.15) is 0 Å². The second kappa shape index (κ2) is 7.53. The zero-order chi connectivity index (χ0) is 18.8. The van der Waals surface area contributed by atoms with Gasteiger partial charge in [-0.15, -0.1) is 0 Å². The van der Waals surface area contributed by atoms with Crippen LogP contribution in [-0.4, -0.2) is 34.7 Å². The fourth-order valence-electron chi connectivity index (χ4n) is 3.66. The van der Waals surface area contributed by atoms with E-state index in [9.17, 15) is 4.79 Å². The lowest BCUT2D eigenvalue weighted by molar-refractivity contribution is 0.0858. The molecule has 5 heteroatoms. The van der Waals surface area contributed by atoms with Crippen molar-refractivity contribution in [2.24, 2.45) is 0 Å². The van der Waals surface area contributed by atoms with E-state index in [0.29, 0.717) is 12.1 Å². The molecule has 0 bridgehead atoms. The molecule has 1 amide bonds. The topological polar surface area (TPSA) is 56.2 Å². The maximum atomic E-state index is 12.5. The van der Waals surface area contributed by atoms with E-state index >= 15 is 0 Å². The number of imidazole rings is 1. The lowest BCUT2D eigenvalue weighted by Gasteiger charge is -2.11. The van der Waals surface area contributed by atoms with Gasteiger partial charge in [-0.1, -0.05) is 19.1 Å². The molecule has 1 aromatic heterocycles. The van der Waals surface area contributed by atoms with Crippen molar-refractivity contribution in [1.29, 1.82) is 0 Å². The molecule has 1 saturated heterocycles. The predicted molar refractivity (Wildman–Crippen MR) is 106 cm³/mol. The largest absolute Gasteiger partial charge is 0.376 e. The summed E-state index contributed by atoms with van der Waals surface area (Å²) in [6.45, 7) is 5.50. The van der Waals surface area contributed by atoms with Crippen LogP contribution in [0.1, 0.15) is 41.5 Å². The summed E-state index contributed by atoms with van der Waals surface area (Å²) in [5.41, 5.74) is 4.87. The Kier molecular flexibility index (Phi) is 4.94. The van der Waals surface area contributed by atoms with Gasteiger partial charge in [0.2, 0.25) is 0 Å². The smallest absolute Gasteiger partial charge is 0.251 e. The average molecular weight is 363 g/mol. The van der Waals surface area contributed by atoms with Crippen LogP contribution < -0.4 is 5.32 Å². The van der Waals surface area contributed by atoms with E-state index in [0.717, 1.165) is 48.4 Å². The molecule has 2 aromatic carbocycles. The molecule has 1 atom stereocenters. The summed E-state index contributed by atoms with van der Waals surface area (Å²) < 4.78 is 7.69. The Hall–Kier alpha value is -2.66. The van der Waals surface area contributed by atoms with Crippen molar-refractivity contribution in [3.8, 4) is 5.69 Å².